The van der Waals surface area contributed by atoms with E-state index in [9.17, 15) is 0 Å². The van der Waals surface area contributed by atoms with Crippen LogP contribution in [-0.4, -0.2) is 0 Å². The predicted octanol–water partition coefficient (Wildman–Crippen LogP) is 4.56. The molecule has 0 amide bonds. The zero-order valence-corrected chi connectivity index (χ0v) is 12.5. The predicted molar refractivity (Wildman–Crippen MR) is 82.5 cm³/mol. The lowest BCUT2D eigenvalue weighted by atomic mass is 9.70. The summed E-state index contributed by atoms with van der Waals surface area (Å²) in [6.45, 7) is 2.30. The monoisotopic (exact) mass is 292 g/mol. The Balaban J connectivity index is 1.98. The molecule has 1 aromatic carbocycles. The summed E-state index contributed by atoms with van der Waals surface area (Å²) in [6.07, 6.45) is 6.21. The number of rotatable bonds is 3. The molecule has 0 spiro atoms. The zero-order chi connectivity index (χ0) is 14.2. The normalized spacial score (nSPS) is 20.1. The molecule has 0 saturated heterocycles. The second-order valence-corrected chi connectivity index (χ2v) is 6.58. The van der Waals surface area contributed by atoms with Crippen LogP contribution in [0.4, 0.5) is 0 Å². The van der Waals surface area contributed by atoms with E-state index < -0.39 is 0 Å². The number of hydrazine groups is 1. The minimum atomic E-state index is 0.0500. The van der Waals surface area contributed by atoms with Gasteiger partial charge in [-0.15, -0.1) is 0 Å². The van der Waals surface area contributed by atoms with E-state index in [1.54, 1.807) is 0 Å². The number of fused-ring (bicyclic) bond motifs is 1. The summed E-state index contributed by atoms with van der Waals surface area (Å²) in [4.78, 5) is 0. The SMILES string of the molecule is CC1(C(NN)c2cc3cc(Cl)ccc3o2)CCCCC1. The van der Waals surface area contributed by atoms with E-state index in [4.69, 9.17) is 21.9 Å². The van der Waals surface area contributed by atoms with Crippen LogP contribution in [-0.2, 0) is 0 Å². The second-order valence-electron chi connectivity index (χ2n) is 6.15. The number of nitrogens with two attached hydrogens (primary N) is 1. The van der Waals surface area contributed by atoms with Crippen LogP contribution in [0.25, 0.3) is 11.0 Å². The van der Waals surface area contributed by atoms with E-state index in [0.29, 0.717) is 0 Å². The Labute approximate surface area is 124 Å². The average molecular weight is 293 g/mol. The Kier molecular flexibility index (Phi) is 3.76. The van der Waals surface area contributed by atoms with Gasteiger partial charge in [-0.1, -0.05) is 37.8 Å². The molecule has 3 rings (SSSR count). The first-order valence-electron chi connectivity index (χ1n) is 7.27. The van der Waals surface area contributed by atoms with Gasteiger partial charge < -0.3 is 4.42 Å². The smallest absolute Gasteiger partial charge is 0.134 e. The zero-order valence-electron chi connectivity index (χ0n) is 11.8. The van der Waals surface area contributed by atoms with Crippen molar-refractivity contribution >= 4 is 22.6 Å². The lowest BCUT2D eigenvalue weighted by molar-refractivity contribution is 0.130. The van der Waals surface area contributed by atoms with Gasteiger partial charge in [-0.2, -0.15) is 0 Å². The number of furan rings is 1. The lowest BCUT2D eigenvalue weighted by Gasteiger charge is -2.39. The molecule has 20 heavy (non-hydrogen) atoms. The van der Waals surface area contributed by atoms with Gasteiger partial charge in [-0.25, -0.2) is 5.43 Å². The van der Waals surface area contributed by atoms with E-state index in [1.165, 1.54) is 32.1 Å². The highest BCUT2D eigenvalue weighted by atomic mass is 35.5. The summed E-state index contributed by atoms with van der Waals surface area (Å²) >= 11 is 6.04. The standard InChI is InChI=1S/C16H21ClN2O/c1-16(7-3-2-4-8-16)15(19-18)14-10-11-9-12(17)5-6-13(11)20-14/h5-6,9-10,15,19H,2-4,7-8,18H2,1H3. The van der Waals surface area contributed by atoms with Gasteiger partial charge in [0.1, 0.15) is 11.3 Å². The molecule has 1 unspecified atom stereocenters. The average Bonchev–Trinajstić information content (AvgIpc) is 2.82. The second kappa shape index (κ2) is 5.40. The first-order chi connectivity index (χ1) is 9.62. The fourth-order valence-corrected chi connectivity index (χ4v) is 3.63. The fraction of sp³-hybridized carbons (Fsp3) is 0.500. The molecule has 3 N–H and O–H groups in total. The van der Waals surface area contributed by atoms with Crippen molar-refractivity contribution < 1.29 is 4.42 Å². The molecule has 3 nitrogen and oxygen atoms in total. The molecular formula is C16H21ClN2O. The molecule has 4 heteroatoms. The van der Waals surface area contributed by atoms with Gasteiger partial charge in [0.05, 0.1) is 6.04 Å². The molecule has 2 aromatic rings. The van der Waals surface area contributed by atoms with Gasteiger partial charge >= 0.3 is 0 Å². The number of hydrogen-bond donors (Lipinski definition) is 2. The van der Waals surface area contributed by atoms with Gasteiger partial charge in [-0.3, -0.25) is 5.84 Å². The Morgan fingerprint density at radius 2 is 2.00 bits per heavy atom. The minimum Gasteiger partial charge on any atom is -0.459 e. The van der Waals surface area contributed by atoms with Crippen molar-refractivity contribution in [1.82, 2.24) is 5.43 Å². The Hall–Kier alpha value is -1.03. The van der Waals surface area contributed by atoms with E-state index >= 15 is 0 Å². The molecule has 1 aromatic heterocycles. The molecule has 0 aliphatic heterocycles. The third-order valence-electron chi connectivity index (χ3n) is 4.64. The molecule has 0 radical (unpaired) electrons. The maximum atomic E-state index is 6.04. The van der Waals surface area contributed by atoms with Crippen molar-refractivity contribution in [1.29, 1.82) is 0 Å². The Bertz CT molecular complexity index is 602. The van der Waals surface area contributed by atoms with Crippen LogP contribution in [0.5, 0.6) is 0 Å². The number of hydrogen-bond acceptors (Lipinski definition) is 3. The van der Waals surface area contributed by atoms with Crippen molar-refractivity contribution in [3.05, 3.63) is 35.0 Å². The van der Waals surface area contributed by atoms with Crippen molar-refractivity contribution in [3.63, 3.8) is 0 Å². The summed E-state index contributed by atoms with van der Waals surface area (Å²) in [5.74, 6) is 6.75. The summed E-state index contributed by atoms with van der Waals surface area (Å²) in [5.41, 5.74) is 4.00. The van der Waals surface area contributed by atoms with Gasteiger partial charge in [0, 0.05) is 10.4 Å². The molecule has 1 aliphatic rings. The molecular weight excluding hydrogens is 272 g/mol. The maximum absolute atomic E-state index is 6.04. The van der Waals surface area contributed by atoms with Crippen LogP contribution in [0.1, 0.15) is 50.8 Å². The molecule has 1 fully saturated rings. The van der Waals surface area contributed by atoms with Crippen LogP contribution in [0, 0.1) is 5.41 Å². The number of benzene rings is 1. The highest BCUT2D eigenvalue weighted by molar-refractivity contribution is 6.31. The first-order valence-corrected chi connectivity index (χ1v) is 7.65. The first kappa shape index (κ1) is 13.9. The van der Waals surface area contributed by atoms with E-state index in [1.807, 2.05) is 18.2 Å². The summed E-state index contributed by atoms with van der Waals surface area (Å²) in [6, 6.07) is 7.81. The minimum absolute atomic E-state index is 0.0500. The number of halogens is 1. The Morgan fingerprint density at radius 1 is 1.25 bits per heavy atom. The highest BCUT2D eigenvalue weighted by Crippen LogP contribution is 2.46. The molecule has 1 heterocycles. The van der Waals surface area contributed by atoms with Gasteiger partial charge in [-0.05, 0) is 42.5 Å². The van der Waals surface area contributed by atoms with Crippen molar-refractivity contribution in [2.45, 2.75) is 45.1 Å². The third kappa shape index (κ3) is 2.46. The summed E-state index contributed by atoms with van der Waals surface area (Å²) < 4.78 is 5.99. The molecule has 1 saturated carbocycles. The van der Waals surface area contributed by atoms with Crippen LogP contribution in [0.2, 0.25) is 5.02 Å². The third-order valence-corrected chi connectivity index (χ3v) is 4.88. The van der Waals surface area contributed by atoms with E-state index in [0.717, 1.165) is 21.8 Å². The topological polar surface area (TPSA) is 51.2 Å². The molecule has 1 aliphatic carbocycles. The molecule has 0 bridgehead atoms. The lowest BCUT2D eigenvalue weighted by Crippen LogP contribution is -2.40. The molecule has 1 atom stereocenters. The molecule has 108 valence electrons. The van der Waals surface area contributed by atoms with Gasteiger partial charge in [0.25, 0.3) is 0 Å². The highest BCUT2D eigenvalue weighted by Gasteiger charge is 2.37. The van der Waals surface area contributed by atoms with Crippen molar-refractivity contribution in [2.75, 3.05) is 0 Å². The summed E-state index contributed by atoms with van der Waals surface area (Å²) in [7, 11) is 0. The Morgan fingerprint density at radius 3 is 2.70 bits per heavy atom. The van der Waals surface area contributed by atoms with Crippen LogP contribution >= 0.6 is 11.6 Å². The van der Waals surface area contributed by atoms with Gasteiger partial charge in [0.2, 0.25) is 0 Å². The maximum Gasteiger partial charge on any atom is 0.134 e. The van der Waals surface area contributed by atoms with Crippen molar-refractivity contribution in [2.24, 2.45) is 11.3 Å². The van der Waals surface area contributed by atoms with E-state index in [2.05, 4.69) is 18.4 Å². The van der Waals surface area contributed by atoms with Crippen LogP contribution < -0.4 is 11.3 Å². The van der Waals surface area contributed by atoms with E-state index in [-0.39, 0.29) is 11.5 Å². The van der Waals surface area contributed by atoms with Crippen molar-refractivity contribution in [3.8, 4) is 0 Å². The number of nitrogens with one attached hydrogen (secondary N) is 1. The fourth-order valence-electron chi connectivity index (χ4n) is 3.45. The quantitative estimate of drug-likeness (QED) is 0.644. The van der Waals surface area contributed by atoms with Gasteiger partial charge in [0.15, 0.2) is 0 Å². The summed E-state index contributed by atoms with van der Waals surface area (Å²) in [5, 5.41) is 1.76. The van der Waals surface area contributed by atoms with Crippen LogP contribution in [0.3, 0.4) is 0 Å². The largest absolute Gasteiger partial charge is 0.459 e. The van der Waals surface area contributed by atoms with Crippen LogP contribution in [0.15, 0.2) is 28.7 Å².